The molecule has 2 aliphatic carbocycles. The first-order valence-electron chi connectivity index (χ1n) is 7.50. The summed E-state index contributed by atoms with van der Waals surface area (Å²) < 4.78 is 6.03. The summed E-state index contributed by atoms with van der Waals surface area (Å²) >= 11 is 6.33. The number of halogens is 1. The molecule has 0 radical (unpaired) electrons. The SMILES string of the molecule is Clc1cc(CNC2CC2)ccc1OC1CCCCC1. The molecule has 1 aromatic carbocycles. The van der Waals surface area contributed by atoms with E-state index < -0.39 is 0 Å². The number of hydrogen-bond acceptors (Lipinski definition) is 2. The molecule has 0 bridgehead atoms. The molecule has 0 aromatic heterocycles. The maximum atomic E-state index is 6.33. The molecule has 0 atom stereocenters. The van der Waals surface area contributed by atoms with E-state index in [1.807, 2.05) is 12.1 Å². The fourth-order valence-electron chi connectivity index (χ4n) is 2.66. The topological polar surface area (TPSA) is 21.3 Å². The second-order valence-corrected chi connectivity index (χ2v) is 6.21. The van der Waals surface area contributed by atoms with Crippen molar-refractivity contribution in [3.63, 3.8) is 0 Å². The first-order valence-corrected chi connectivity index (χ1v) is 7.87. The maximum absolute atomic E-state index is 6.33. The predicted octanol–water partition coefficient (Wildman–Crippen LogP) is 4.30. The number of nitrogens with one attached hydrogen (secondary N) is 1. The third kappa shape index (κ3) is 3.87. The average molecular weight is 280 g/mol. The van der Waals surface area contributed by atoms with Gasteiger partial charge in [0.15, 0.2) is 0 Å². The Morgan fingerprint density at radius 1 is 1.11 bits per heavy atom. The van der Waals surface area contributed by atoms with Crippen LogP contribution in [0.5, 0.6) is 5.75 Å². The Hall–Kier alpha value is -0.730. The van der Waals surface area contributed by atoms with Gasteiger partial charge in [0.2, 0.25) is 0 Å². The molecule has 2 saturated carbocycles. The Morgan fingerprint density at radius 3 is 2.58 bits per heavy atom. The highest BCUT2D eigenvalue weighted by Gasteiger charge is 2.20. The minimum Gasteiger partial charge on any atom is -0.489 e. The quantitative estimate of drug-likeness (QED) is 0.867. The number of rotatable bonds is 5. The van der Waals surface area contributed by atoms with E-state index in [2.05, 4.69) is 11.4 Å². The summed E-state index contributed by atoms with van der Waals surface area (Å²) in [6.45, 7) is 0.911. The highest BCUT2D eigenvalue weighted by molar-refractivity contribution is 6.32. The second kappa shape index (κ2) is 6.15. The van der Waals surface area contributed by atoms with Crippen molar-refractivity contribution in [2.24, 2.45) is 0 Å². The minimum atomic E-state index is 0.363. The molecule has 0 saturated heterocycles. The molecule has 0 heterocycles. The summed E-state index contributed by atoms with van der Waals surface area (Å²) in [6, 6.07) is 6.92. The van der Waals surface area contributed by atoms with Gasteiger partial charge in [-0.15, -0.1) is 0 Å². The molecular weight excluding hydrogens is 258 g/mol. The first kappa shape index (κ1) is 13.3. The van der Waals surface area contributed by atoms with Gasteiger partial charge in [0, 0.05) is 12.6 Å². The van der Waals surface area contributed by atoms with E-state index in [0.29, 0.717) is 6.10 Å². The van der Waals surface area contributed by atoms with Gasteiger partial charge in [0.05, 0.1) is 11.1 Å². The minimum absolute atomic E-state index is 0.363. The Morgan fingerprint density at radius 2 is 1.89 bits per heavy atom. The molecule has 2 fully saturated rings. The van der Waals surface area contributed by atoms with E-state index in [-0.39, 0.29) is 0 Å². The fourth-order valence-corrected chi connectivity index (χ4v) is 2.91. The third-order valence-electron chi connectivity index (χ3n) is 4.01. The van der Waals surface area contributed by atoms with Crippen LogP contribution in [0.25, 0.3) is 0 Å². The molecule has 3 rings (SSSR count). The van der Waals surface area contributed by atoms with Gasteiger partial charge in [-0.25, -0.2) is 0 Å². The second-order valence-electron chi connectivity index (χ2n) is 5.80. The van der Waals surface area contributed by atoms with Crippen LogP contribution >= 0.6 is 11.6 Å². The molecule has 2 nitrogen and oxygen atoms in total. The van der Waals surface area contributed by atoms with Crippen LogP contribution in [0.2, 0.25) is 5.02 Å². The lowest BCUT2D eigenvalue weighted by atomic mass is 9.98. The van der Waals surface area contributed by atoms with Gasteiger partial charge in [0.25, 0.3) is 0 Å². The van der Waals surface area contributed by atoms with E-state index in [4.69, 9.17) is 16.3 Å². The summed E-state index contributed by atoms with van der Waals surface area (Å²) in [5, 5.41) is 4.25. The first-order chi connectivity index (χ1) is 9.31. The zero-order valence-corrected chi connectivity index (χ0v) is 12.1. The van der Waals surface area contributed by atoms with Crippen LogP contribution in [-0.4, -0.2) is 12.1 Å². The van der Waals surface area contributed by atoms with Crippen LogP contribution in [0.4, 0.5) is 0 Å². The van der Waals surface area contributed by atoms with Crippen molar-refractivity contribution in [3.8, 4) is 5.75 Å². The molecule has 0 aliphatic heterocycles. The smallest absolute Gasteiger partial charge is 0.138 e. The zero-order chi connectivity index (χ0) is 13.1. The molecule has 0 amide bonds. The molecule has 1 N–H and O–H groups in total. The highest BCUT2D eigenvalue weighted by Crippen LogP contribution is 2.30. The Bertz CT molecular complexity index is 425. The van der Waals surface area contributed by atoms with Gasteiger partial charge < -0.3 is 10.1 Å². The van der Waals surface area contributed by atoms with Crippen LogP contribution in [0.1, 0.15) is 50.5 Å². The van der Waals surface area contributed by atoms with Crippen molar-refractivity contribution in [3.05, 3.63) is 28.8 Å². The van der Waals surface area contributed by atoms with Crippen molar-refractivity contribution in [2.45, 2.75) is 63.6 Å². The Balaban J connectivity index is 1.58. The summed E-state index contributed by atoms with van der Waals surface area (Å²) in [5.41, 5.74) is 1.24. The lowest BCUT2D eigenvalue weighted by Crippen LogP contribution is -2.20. The van der Waals surface area contributed by atoms with Crippen molar-refractivity contribution in [1.82, 2.24) is 5.32 Å². The monoisotopic (exact) mass is 279 g/mol. The van der Waals surface area contributed by atoms with E-state index in [1.54, 1.807) is 0 Å². The largest absolute Gasteiger partial charge is 0.489 e. The third-order valence-corrected chi connectivity index (χ3v) is 4.31. The molecule has 104 valence electrons. The molecule has 0 spiro atoms. The summed E-state index contributed by atoms with van der Waals surface area (Å²) in [5.74, 6) is 0.851. The number of hydrogen-bond donors (Lipinski definition) is 1. The van der Waals surface area contributed by atoms with Crippen molar-refractivity contribution < 1.29 is 4.74 Å². The number of benzene rings is 1. The Labute approximate surface area is 120 Å². The molecule has 2 aliphatic rings. The molecule has 3 heteroatoms. The van der Waals surface area contributed by atoms with Crippen LogP contribution in [-0.2, 0) is 6.54 Å². The standard InChI is InChI=1S/C16H22ClNO/c17-15-10-12(11-18-13-7-8-13)6-9-16(15)19-14-4-2-1-3-5-14/h6,9-10,13-14,18H,1-5,7-8,11H2. The summed E-state index contributed by atoms with van der Waals surface area (Å²) in [7, 11) is 0. The molecule has 1 aromatic rings. The lowest BCUT2D eigenvalue weighted by molar-refractivity contribution is 0.155. The van der Waals surface area contributed by atoms with Gasteiger partial charge in [-0.1, -0.05) is 24.1 Å². The van der Waals surface area contributed by atoms with E-state index in [0.717, 1.165) is 23.4 Å². The van der Waals surface area contributed by atoms with Gasteiger partial charge >= 0.3 is 0 Å². The zero-order valence-electron chi connectivity index (χ0n) is 11.3. The van der Waals surface area contributed by atoms with Gasteiger partial charge in [-0.3, -0.25) is 0 Å². The summed E-state index contributed by atoms with van der Waals surface area (Å²) in [6.07, 6.45) is 9.24. The average Bonchev–Trinajstić information content (AvgIpc) is 3.25. The van der Waals surface area contributed by atoms with E-state index in [9.17, 15) is 0 Å². The van der Waals surface area contributed by atoms with E-state index >= 15 is 0 Å². The Kier molecular flexibility index (Phi) is 4.29. The van der Waals surface area contributed by atoms with Gasteiger partial charge in [-0.2, -0.15) is 0 Å². The maximum Gasteiger partial charge on any atom is 0.138 e. The van der Waals surface area contributed by atoms with Crippen molar-refractivity contribution in [1.29, 1.82) is 0 Å². The molecular formula is C16H22ClNO. The molecule has 19 heavy (non-hydrogen) atoms. The number of ether oxygens (including phenoxy) is 1. The van der Waals surface area contributed by atoms with Crippen molar-refractivity contribution >= 4 is 11.6 Å². The fraction of sp³-hybridized carbons (Fsp3) is 0.625. The lowest BCUT2D eigenvalue weighted by Gasteiger charge is -2.23. The van der Waals surface area contributed by atoms with Gasteiger partial charge in [-0.05, 0) is 56.2 Å². The molecule has 0 unspecified atom stereocenters. The summed E-state index contributed by atoms with van der Waals surface area (Å²) in [4.78, 5) is 0. The highest BCUT2D eigenvalue weighted by atomic mass is 35.5. The van der Waals surface area contributed by atoms with Crippen molar-refractivity contribution in [2.75, 3.05) is 0 Å². The van der Waals surface area contributed by atoms with Crippen LogP contribution in [0, 0.1) is 0 Å². The normalized spacial score (nSPS) is 20.5. The van der Waals surface area contributed by atoms with E-state index in [1.165, 1.54) is 50.5 Å². The predicted molar refractivity (Wildman–Crippen MR) is 78.8 cm³/mol. The van der Waals surface area contributed by atoms with Crippen LogP contribution < -0.4 is 10.1 Å². The van der Waals surface area contributed by atoms with Gasteiger partial charge in [0.1, 0.15) is 5.75 Å². The van der Waals surface area contributed by atoms with Crippen LogP contribution in [0.3, 0.4) is 0 Å². The van der Waals surface area contributed by atoms with Crippen LogP contribution in [0.15, 0.2) is 18.2 Å².